The smallest absolute Gasteiger partial charge is 0.321 e. The third kappa shape index (κ3) is 4.85. The molecule has 0 saturated carbocycles. The number of ether oxygens (including phenoxy) is 2. The second-order valence-electron chi connectivity index (χ2n) is 6.40. The fraction of sp³-hybridized carbons (Fsp3) is 0.227. The van der Waals surface area contributed by atoms with Gasteiger partial charge >= 0.3 is 6.01 Å². The SMILES string of the molecule is CC[C@@H](C)NC(=O)c1cccc(-c2cnc(Oc3cccc(OC)c3)nc2)c1. The highest BCUT2D eigenvalue weighted by atomic mass is 16.5. The van der Waals surface area contributed by atoms with E-state index < -0.39 is 0 Å². The molecule has 6 heteroatoms. The quantitative estimate of drug-likeness (QED) is 0.657. The van der Waals surface area contributed by atoms with Gasteiger partial charge < -0.3 is 14.8 Å². The van der Waals surface area contributed by atoms with Crippen molar-refractivity contribution in [2.45, 2.75) is 26.3 Å². The van der Waals surface area contributed by atoms with E-state index in [1.807, 2.05) is 44.2 Å². The molecule has 1 N–H and O–H groups in total. The first-order valence-corrected chi connectivity index (χ1v) is 9.14. The Kier molecular flexibility index (Phi) is 6.22. The van der Waals surface area contributed by atoms with E-state index in [0.29, 0.717) is 17.1 Å². The highest BCUT2D eigenvalue weighted by Gasteiger charge is 2.10. The van der Waals surface area contributed by atoms with Crippen LogP contribution in [-0.4, -0.2) is 29.0 Å². The highest BCUT2D eigenvalue weighted by Crippen LogP contribution is 2.24. The Balaban J connectivity index is 1.74. The van der Waals surface area contributed by atoms with E-state index in [9.17, 15) is 4.79 Å². The molecule has 1 heterocycles. The van der Waals surface area contributed by atoms with Crippen LogP contribution in [-0.2, 0) is 0 Å². The largest absolute Gasteiger partial charge is 0.497 e. The number of aromatic nitrogens is 2. The van der Waals surface area contributed by atoms with Crippen LogP contribution in [0.3, 0.4) is 0 Å². The van der Waals surface area contributed by atoms with Crippen LogP contribution in [0, 0.1) is 0 Å². The molecular formula is C22H23N3O3. The van der Waals surface area contributed by atoms with Crippen LogP contribution in [0.4, 0.5) is 0 Å². The number of methoxy groups -OCH3 is 1. The summed E-state index contributed by atoms with van der Waals surface area (Å²) >= 11 is 0. The molecule has 2 aromatic carbocycles. The van der Waals surface area contributed by atoms with E-state index in [2.05, 4.69) is 15.3 Å². The van der Waals surface area contributed by atoms with E-state index in [1.165, 1.54) is 0 Å². The average Bonchev–Trinajstić information content (AvgIpc) is 2.74. The zero-order valence-electron chi connectivity index (χ0n) is 16.2. The minimum Gasteiger partial charge on any atom is -0.497 e. The van der Waals surface area contributed by atoms with Gasteiger partial charge in [0.05, 0.1) is 7.11 Å². The summed E-state index contributed by atoms with van der Waals surface area (Å²) in [5.74, 6) is 1.20. The van der Waals surface area contributed by atoms with Crippen molar-refractivity contribution in [3.05, 3.63) is 66.5 Å². The second kappa shape index (κ2) is 8.99. The van der Waals surface area contributed by atoms with Gasteiger partial charge in [0.25, 0.3) is 5.91 Å². The Bertz CT molecular complexity index is 942. The lowest BCUT2D eigenvalue weighted by Crippen LogP contribution is -2.31. The number of nitrogens with one attached hydrogen (secondary N) is 1. The molecule has 1 amide bonds. The van der Waals surface area contributed by atoms with Crippen molar-refractivity contribution in [1.82, 2.24) is 15.3 Å². The lowest BCUT2D eigenvalue weighted by atomic mass is 10.1. The third-order valence-electron chi connectivity index (χ3n) is 4.33. The van der Waals surface area contributed by atoms with Crippen molar-refractivity contribution in [1.29, 1.82) is 0 Å². The number of hydrogen-bond donors (Lipinski definition) is 1. The van der Waals surface area contributed by atoms with Crippen LogP contribution in [0.15, 0.2) is 60.9 Å². The van der Waals surface area contributed by atoms with Crippen molar-refractivity contribution in [2.24, 2.45) is 0 Å². The van der Waals surface area contributed by atoms with Crippen molar-refractivity contribution >= 4 is 5.91 Å². The van der Waals surface area contributed by atoms with Gasteiger partial charge in [-0.15, -0.1) is 0 Å². The first kappa shape index (κ1) is 19.4. The van der Waals surface area contributed by atoms with Gasteiger partial charge in [-0.25, -0.2) is 9.97 Å². The summed E-state index contributed by atoms with van der Waals surface area (Å²) in [4.78, 5) is 20.9. The van der Waals surface area contributed by atoms with E-state index in [4.69, 9.17) is 9.47 Å². The standard InChI is InChI=1S/C22H23N3O3/c1-4-15(2)25-21(26)17-8-5-7-16(11-17)18-13-23-22(24-14-18)28-20-10-6-9-19(12-20)27-3/h5-15H,4H2,1-3H3,(H,25,26)/t15-/m1/s1. The maximum absolute atomic E-state index is 12.3. The van der Waals surface area contributed by atoms with Crippen molar-refractivity contribution in [3.8, 4) is 28.6 Å². The van der Waals surface area contributed by atoms with Crippen molar-refractivity contribution < 1.29 is 14.3 Å². The number of carbonyl (C=O) groups is 1. The van der Waals surface area contributed by atoms with E-state index >= 15 is 0 Å². The summed E-state index contributed by atoms with van der Waals surface area (Å²) in [6.07, 6.45) is 4.23. The number of nitrogens with zero attached hydrogens (tertiary/aromatic N) is 2. The Hall–Kier alpha value is -3.41. The molecule has 0 bridgehead atoms. The predicted molar refractivity (Wildman–Crippen MR) is 108 cm³/mol. The molecule has 0 aliphatic rings. The van der Waals surface area contributed by atoms with E-state index in [0.717, 1.165) is 17.5 Å². The molecule has 0 saturated heterocycles. The molecule has 0 spiro atoms. The normalized spacial score (nSPS) is 11.5. The van der Waals surface area contributed by atoms with Gasteiger partial charge in [-0.2, -0.15) is 0 Å². The molecule has 0 fully saturated rings. The third-order valence-corrected chi connectivity index (χ3v) is 4.33. The summed E-state index contributed by atoms with van der Waals surface area (Å²) in [6.45, 7) is 4.02. The van der Waals surface area contributed by atoms with Gasteiger partial charge in [-0.3, -0.25) is 4.79 Å². The lowest BCUT2D eigenvalue weighted by molar-refractivity contribution is 0.0939. The number of amides is 1. The molecule has 28 heavy (non-hydrogen) atoms. The summed E-state index contributed by atoms with van der Waals surface area (Å²) < 4.78 is 10.8. The molecule has 144 valence electrons. The van der Waals surface area contributed by atoms with E-state index in [-0.39, 0.29) is 18.0 Å². The maximum atomic E-state index is 12.3. The van der Waals surface area contributed by atoms with Crippen molar-refractivity contribution in [3.63, 3.8) is 0 Å². The van der Waals surface area contributed by atoms with Gasteiger partial charge in [0.2, 0.25) is 0 Å². The number of carbonyl (C=O) groups excluding carboxylic acids is 1. The average molecular weight is 377 g/mol. The molecule has 6 nitrogen and oxygen atoms in total. The van der Waals surface area contributed by atoms with Gasteiger partial charge in [-0.05, 0) is 43.2 Å². The van der Waals surface area contributed by atoms with Gasteiger partial charge in [-0.1, -0.05) is 25.1 Å². The molecule has 0 unspecified atom stereocenters. The Morgan fingerprint density at radius 1 is 1.04 bits per heavy atom. The number of benzene rings is 2. The Labute approximate surface area is 164 Å². The molecule has 0 radical (unpaired) electrons. The molecular weight excluding hydrogens is 354 g/mol. The molecule has 0 aliphatic heterocycles. The maximum Gasteiger partial charge on any atom is 0.321 e. The van der Waals surface area contributed by atoms with Crippen LogP contribution >= 0.6 is 0 Å². The molecule has 3 rings (SSSR count). The summed E-state index contributed by atoms with van der Waals surface area (Å²) in [5.41, 5.74) is 2.27. The molecule has 1 aromatic heterocycles. The zero-order valence-corrected chi connectivity index (χ0v) is 16.2. The van der Waals surface area contributed by atoms with Crippen LogP contribution < -0.4 is 14.8 Å². The minimum atomic E-state index is -0.0879. The summed E-state index contributed by atoms with van der Waals surface area (Å²) in [5, 5.41) is 2.97. The number of rotatable bonds is 7. The van der Waals surface area contributed by atoms with Gasteiger partial charge in [0.1, 0.15) is 11.5 Å². The predicted octanol–water partition coefficient (Wildman–Crippen LogP) is 4.47. The van der Waals surface area contributed by atoms with E-state index in [1.54, 1.807) is 37.7 Å². The first-order chi connectivity index (χ1) is 13.6. The highest BCUT2D eigenvalue weighted by molar-refractivity contribution is 5.95. The van der Waals surface area contributed by atoms with Crippen LogP contribution in [0.1, 0.15) is 30.6 Å². The number of hydrogen-bond acceptors (Lipinski definition) is 5. The first-order valence-electron chi connectivity index (χ1n) is 9.14. The topological polar surface area (TPSA) is 73.3 Å². The fourth-order valence-corrected chi connectivity index (χ4v) is 2.54. The fourth-order valence-electron chi connectivity index (χ4n) is 2.54. The lowest BCUT2D eigenvalue weighted by Gasteiger charge is -2.12. The molecule has 1 atom stereocenters. The minimum absolute atomic E-state index is 0.0879. The second-order valence-corrected chi connectivity index (χ2v) is 6.40. The summed E-state index contributed by atoms with van der Waals surface area (Å²) in [6, 6.07) is 15.0. The monoisotopic (exact) mass is 377 g/mol. The van der Waals surface area contributed by atoms with Crippen LogP contribution in [0.2, 0.25) is 0 Å². The van der Waals surface area contributed by atoms with Crippen LogP contribution in [0.25, 0.3) is 11.1 Å². The zero-order chi connectivity index (χ0) is 19.9. The molecule has 3 aromatic rings. The van der Waals surface area contributed by atoms with Gasteiger partial charge in [0, 0.05) is 35.6 Å². The Morgan fingerprint density at radius 3 is 2.46 bits per heavy atom. The van der Waals surface area contributed by atoms with Crippen LogP contribution in [0.5, 0.6) is 17.5 Å². The molecule has 0 aliphatic carbocycles. The van der Waals surface area contributed by atoms with Crippen molar-refractivity contribution in [2.75, 3.05) is 7.11 Å². The van der Waals surface area contributed by atoms with Gasteiger partial charge in [0.15, 0.2) is 0 Å². The Morgan fingerprint density at radius 2 is 1.75 bits per heavy atom. The summed E-state index contributed by atoms with van der Waals surface area (Å²) in [7, 11) is 1.60.